The Morgan fingerprint density at radius 2 is 1.90 bits per heavy atom. The molecule has 0 radical (unpaired) electrons. The van der Waals surface area contributed by atoms with Crippen LogP contribution in [-0.2, 0) is 4.74 Å². The van der Waals surface area contributed by atoms with Crippen LogP contribution in [0.2, 0.25) is 0 Å². The van der Waals surface area contributed by atoms with Crippen LogP contribution >= 0.6 is 0 Å². The number of anilines is 1. The second-order valence-corrected chi connectivity index (χ2v) is 5.01. The van der Waals surface area contributed by atoms with Crippen molar-refractivity contribution in [3.63, 3.8) is 0 Å². The van der Waals surface area contributed by atoms with Gasteiger partial charge in [0, 0.05) is 19.3 Å². The first kappa shape index (κ1) is 17.3. The Bertz CT molecular complexity index is 420. The fourth-order valence-corrected chi connectivity index (χ4v) is 1.49. The van der Waals surface area contributed by atoms with Gasteiger partial charge in [0.2, 0.25) is 0 Å². The Labute approximate surface area is 125 Å². The summed E-state index contributed by atoms with van der Waals surface area (Å²) in [4.78, 5) is 11.7. The summed E-state index contributed by atoms with van der Waals surface area (Å²) in [5.41, 5.74) is 0.658. The van der Waals surface area contributed by atoms with Gasteiger partial charge in [-0.25, -0.2) is 4.79 Å². The number of ether oxygens (including phenoxy) is 2. The first-order chi connectivity index (χ1) is 10.0. The predicted octanol–water partition coefficient (Wildman–Crippen LogP) is 1.85. The minimum atomic E-state index is -0.549. The van der Waals surface area contributed by atoms with Crippen molar-refractivity contribution in [1.82, 2.24) is 5.32 Å². The second-order valence-electron chi connectivity index (χ2n) is 5.01. The Morgan fingerprint density at radius 1 is 1.24 bits per heavy atom. The van der Waals surface area contributed by atoms with Crippen molar-refractivity contribution in [2.75, 3.05) is 32.2 Å². The SMILES string of the molecule is COCCOc1ccc(NC(=O)NC[C@H](O)C(C)C)cc1. The molecule has 1 rings (SSSR count). The molecule has 1 aromatic carbocycles. The van der Waals surface area contributed by atoms with Crippen LogP contribution in [0.4, 0.5) is 10.5 Å². The van der Waals surface area contributed by atoms with Crippen LogP contribution < -0.4 is 15.4 Å². The third-order valence-electron chi connectivity index (χ3n) is 2.91. The quantitative estimate of drug-likeness (QED) is 0.640. The molecule has 6 heteroatoms. The Kier molecular flexibility index (Phi) is 7.56. The molecule has 0 unspecified atom stereocenters. The molecule has 118 valence electrons. The normalized spacial score (nSPS) is 12.0. The second kappa shape index (κ2) is 9.20. The average Bonchev–Trinajstić information content (AvgIpc) is 2.46. The number of carbonyl (C=O) groups excluding carboxylic acids is 1. The Morgan fingerprint density at radius 3 is 2.48 bits per heavy atom. The van der Waals surface area contributed by atoms with Crippen LogP contribution in [0, 0.1) is 5.92 Å². The highest BCUT2D eigenvalue weighted by Crippen LogP contribution is 2.15. The molecule has 0 aromatic heterocycles. The largest absolute Gasteiger partial charge is 0.491 e. The topological polar surface area (TPSA) is 79.8 Å². The van der Waals surface area contributed by atoms with Gasteiger partial charge in [-0.2, -0.15) is 0 Å². The number of benzene rings is 1. The molecule has 1 aromatic rings. The Hall–Kier alpha value is -1.79. The highest BCUT2D eigenvalue weighted by molar-refractivity contribution is 5.89. The zero-order valence-corrected chi connectivity index (χ0v) is 12.8. The molecular weight excluding hydrogens is 272 g/mol. The van der Waals surface area contributed by atoms with Gasteiger partial charge in [-0.15, -0.1) is 0 Å². The van der Waals surface area contributed by atoms with E-state index in [1.807, 2.05) is 13.8 Å². The van der Waals surface area contributed by atoms with E-state index in [4.69, 9.17) is 9.47 Å². The van der Waals surface area contributed by atoms with Crippen molar-refractivity contribution < 1.29 is 19.4 Å². The Balaban J connectivity index is 2.35. The van der Waals surface area contributed by atoms with Crippen molar-refractivity contribution in [3.8, 4) is 5.75 Å². The van der Waals surface area contributed by atoms with Gasteiger partial charge in [-0.1, -0.05) is 13.8 Å². The first-order valence-electron chi connectivity index (χ1n) is 6.97. The summed E-state index contributed by atoms with van der Waals surface area (Å²) in [5.74, 6) is 0.821. The summed E-state index contributed by atoms with van der Waals surface area (Å²) in [7, 11) is 1.62. The number of nitrogens with one attached hydrogen (secondary N) is 2. The van der Waals surface area contributed by atoms with E-state index in [2.05, 4.69) is 10.6 Å². The van der Waals surface area contributed by atoms with Crippen molar-refractivity contribution in [1.29, 1.82) is 0 Å². The van der Waals surface area contributed by atoms with Gasteiger partial charge in [-0.05, 0) is 30.2 Å². The highest BCUT2D eigenvalue weighted by atomic mass is 16.5. The van der Waals surface area contributed by atoms with Crippen LogP contribution in [0.1, 0.15) is 13.8 Å². The molecule has 3 N–H and O–H groups in total. The van der Waals surface area contributed by atoms with Crippen molar-refractivity contribution in [3.05, 3.63) is 24.3 Å². The lowest BCUT2D eigenvalue weighted by molar-refractivity contribution is 0.126. The number of amides is 2. The first-order valence-corrected chi connectivity index (χ1v) is 6.97. The summed E-state index contributed by atoms with van der Waals surface area (Å²) in [5, 5.41) is 14.9. The maximum absolute atomic E-state index is 11.7. The van der Waals surface area contributed by atoms with Gasteiger partial charge in [-0.3, -0.25) is 0 Å². The lowest BCUT2D eigenvalue weighted by Gasteiger charge is -2.15. The van der Waals surface area contributed by atoms with E-state index < -0.39 is 6.10 Å². The van der Waals surface area contributed by atoms with Crippen molar-refractivity contribution in [2.24, 2.45) is 5.92 Å². The van der Waals surface area contributed by atoms with Gasteiger partial charge in [0.1, 0.15) is 12.4 Å². The maximum atomic E-state index is 11.7. The van der Waals surface area contributed by atoms with Crippen LogP contribution in [0.3, 0.4) is 0 Å². The number of aliphatic hydroxyl groups excluding tert-OH is 1. The average molecular weight is 296 g/mol. The summed E-state index contributed by atoms with van der Waals surface area (Å²) in [6.45, 7) is 5.03. The van der Waals surface area contributed by atoms with E-state index in [-0.39, 0.29) is 18.5 Å². The summed E-state index contributed by atoms with van der Waals surface area (Å²) in [6.07, 6.45) is -0.549. The molecule has 0 aliphatic rings. The third kappa shape index (κ3) is 6.97. The molecular formula is C15H24N2O4. The van der Waals surface area contributed by atoms with Gasteiger partial charge in [0.25, 0.3) is 0 Å². The number of aliphatic hydroxyl groups is 1. The number of carbonyl (C=O) groups is 1. The van der Waals surface area contributed by atoms with Crippen LogP contribution in [-0.4, -0.2) is 44.1 Å². The maximum Gasteiger partial charge on any atom is 0.319 e. The molecule has 6 nitrogen and oxygen atoms in total. The smallest absolute Gasteiger partial charge is 0.319 e. The van der Waals surface area contributed by atoms with Crippen LogP contribution in [0.15, 0.2) is 24.3 Å². The standard InChI is InChI=1S/C15H24N2O4/c1-11(2)14(18)10-16-15(19)17-12-4-6-13(7-5-12)21-9-8-20-3/h4-7,11,14,18H,8-10H2,1-3H3,(H2,16,17,19)/t14-/m0/s1. The molecule has 0 spiro atoms. The minimum Gasteiger partial charge on any atom is -0.491 e. The minimum absolute atomic E-state index is 0.105. The highest BCUT2D eigenvalue weighted by Gasteiger charge is 2.10. The summed E-state index contributed by atoms with van der Waals surface area (Å²) < 4.78 is 10.3. The van der Waals surface area contributed by atoms with E-state index in [1.54, 1.807) is 31.4 Å². The molecule has 0 fully saturated rings. The van der Waals surface area contributed by atoms with Gasteiger partial charge in [0.05, 0.1) is 12.7 Å². The number of urea groups is 1. The molecule has 0 aliphatic carbocycles. The number of rotatable bonds is 8. The molecule has 0 saturated carbocycles. The third-order valence-corrected chi connectivity index (χ3v) is 2.91. The zero-order chi connectivity index (χ0) is 15.7. The van der Waals surface area contributed by atoms with Crippen LogP contribution in [0.5, 0.6) is 5.75 Å². The van der Waals surface area contributed by atoms with Gasteiger partial charge >= 0.3 is 6.03 Å². The summed E-state index contributed by atoms with van der Waals surface area (Å²) in [6, 6.07) is 6.70. The molecule has 0 saturated heterocycles. The van der Waals surface area contributed by atoms with Crippen LogP contribution in [0.25, 0.3) is 0 Å². The number of hydrogen-bond donors (Lipinski definition) is 3. The predicted molar refractivity (Wildman–Crippen MR) is 81.7 cm³/mol. The lowest BCUT2D eigenvalue weighted by atomic mass is 10.1. The van der Waals surface area contributed by atoms with Gasteiger partial charge < -0.3 is 25.2 Å². The number of hydrogen-bond acceptors (Lipinski definition) is 4. The molecule has 2 amide bonds. The fourth-order valence-electron chi connectivity index (χ4n) is 1.49. The van der Waals surface area contributed by atoms with Crippen molar-refractivity contribution >= 4 is 11.7 Å². The zero-order valence-electron chi connectivity index (χ0n) is 12.8. The monoisotopic (exact) mass is 296 g/mol. The van der Waals surface area contributed by atoms with Gasteiger partial charge in [0.15, 0.2) is 0 Å². The number of methoxy groups -OCH3 is 1. The summed E-state index contributed by atoms with van der Waals surface area (Å²) >= 11 is 0. The molecule has 0 heterocycles. The van der Waals surface area contributed by atoms with E-state index in [0.29, 0.717) is 24.7 Å². The molecule has 21 heavy (non-hydrogen) atoms. The lowest BCUT2D eigenvalue weighted by Crippen LogP contribution is -2.37. The van der Waals surface area contributed by atoms with E-state index >= 15 is 0 Å². The van der Waals surface area contributed by atoms with E-state index in [9.17, 15) is 9.90 Å². The van der Waals surface area contributed by atoms with Crippen molar-refractivity contribution in [2.45, 2.75) is 20.0 Å². The molecule has 0 aliphatic heterocycles. The fraction of sp³-hybridized carbons (Fsp3) is 0.533. The molecule has 0 bridgehead atoms. The van der Waals surface area contributed by atoms with E-state index in [0.717, 1.165) is 0 Å². The van der Waals surface area contributed by atoms with E-state index in [1.165, 1.54) is 0 Å². The molecule has 1 atom stereocenters.